The Labute approximate surface area is 99.1 Å². The molecule has 1 aliphatic heterocycles. The van der Waals surface area contributed by atoms with Gasteiger partial charge in [0.05, 0.1) is 11.5 Å². The number of hydrogen-bond donors (Lipinski definition) is 1. The van der Waals surface area contributed by atoms with Crippen molar-refractivity contribution in [1.29, 1.82) is 0 Å². The lowest BCUT2D eigenvalue weighted by Crippen LogP contribution is -2.55. The summed E-state index contributed by atoms with van der Waals surface area (Å²) in [6, 6.07) is 0. The van der Waals surface area contributed by atoms with Crippen molar-refractivity contribution in [3.05, 3.63) is 0 Å². The van der Waals surface area contributed by atoms with Gasteiger partial charge in [0, 0.05) is 18.6 Å². The third-order valence-electron chi connectivity index (χ3n) is 3.39. The van der Waals surface area contributed by atoms with Crippen molar-refractivity contribution in [2.75, 3.05) is 31.1 Å². The molecule has 0 radical (unpaired) electrons. The van der Waals surface area contributed by atoms with Crippen LogP contribution in [0.5, 0.6) is 0 Å². The highest BCUT2D eigenvalue weighted by Crippen LogP contribution is 2.29. The van der Waals surface area contributed by atoms with E-state index < -0.39 is 9.84 Å². The van der Waals surface area contributed by atoms with E-state index in [1.165, 1.54) is 0 Å². The minimum atomic E-state index is -2.88. The van der Waals surface area contributed by atoms with Crippen molar-refractivity contribution in [3.63, 3.8) is 0 Å². The zero-order chi connectivity index (χ0) is 12.4. The maximum absolute atomic E-state index is 11.6. The summed E-state index contributed by atoms with van der Waals surface area (Å²) >= 11 is 0. The maximum atomic E-state index is 11.6. The summed E-state index contributed by atoms with van der Waals surface area (Å²) in [5, 5.41) is 0. The molecule has 0 aliphatic carbocycles. The molecule has 1 rings (SSSR count). The van der Waals surface area contributed by atoms with Gasteiger partial charge in [0.25, 0.3) is 0 Å². The molecule has 1 aliphatic rings. The maximum Gasteiger partial charge on any atom is 0.152 e. The van der Waals surface area contributed by atoms with Gasteiger partial charge in [0.1, 0.15) is 0 Å². The van der Waals surface area contributed by atoms with Crippen LogP contribution in [0.1, 0.15) is 27.2 Å². The molecular weight excluding hydrogens is 224 g/mol. The van der Waals surface area contributed by atoms with Crippen LogP contribution in [0, 0.1) is 5.92 Å². The van der Waals surface area contributed by atoms with Gasteiger partial charge in [0.15, 0.2) is 9.84 Å². The van der Waals surface area contributed by atoms with E-state index in [0.29, 0.717) is 24.6 Å². The Morgan fingerprint density at radius 3 is 2.38 bits per heavy atom. The normalized spacial score (nSPS) is 29.1. The van der Waals surface area contributed by atoms with Gasteiger partial charge in [-0.25, -0.2) is 8.42 Å². The molecule has 0 aromatic heterocycles. The van der Waals surface area contributed by atoms with Crippen LogP contribution in [0.25, 0.3) is 0 Å². The molecule has 1 saturated heterocycles. The second-order valence-electron chi connectivity index (χ2n) is 5.20. The van der Waals surface area contributed by atoms with Crippen molar-refractivity contribution < 1.29 is 8.42 Å². The van der Waals surface area contributed by atoms with E-state index in [4.69, 9.17) is 5.73 Å². The lowest BCUT2D eigenvalue weighted by molar-refractivity contribution is 0.108. The summed E-state index contributed by atoms with van der Waals surface area (Å²) in [5.41, 5.74) is 5.53. The van der Waals surface area contributed by atoms with Gasteiger partial charge in [-0.2, -0.15) is 0 Å². The predicted molar refractivity (Wildman–Crippen MR) is 67.1 cm³/mol. The number of nitrogens with zero attached hydrogens (tertiary/aromatic N) is 1. The Balaban J connectivity index is 2.87. The van der Waals surface area contributed by atoms with E-state index in [0.717, 1.165) is 13.1 Å². The van der Waals surface area contributed by atoms with Gasteiger partial charge in [-0.3, -0.25) is 4.90 Å². The molecule has 5 heteroatoms. The summed E-state index contributed by atoms with van der Waals surface area (Å²) in [5.74, 6) is 1.06. The first-order valence-corrected chi connectivity index (χ1v) is 7.83. The lowest BCUT2D eigenvalue weighted by Gasteiger charge is -2.40. The minimum absolute atomic E-state index is 0.233. The fourth-order valence-corrected chi connectivity index (χ4v) is 4.64. The topological polar surface area (TPSA) is 63.4 Å². The number of hydrogen-bond acceptors (Lipinski definition) is 4. The smallest absolute Gasteiger partial charge is 0.152 e. The first-order chi connectivity index (χ1) is 7.35. The first-order valence-electron chi connectivity index (χ1n) is 6.01. The molecule has 2 N–H and O–H groups in total. The van der Waals surface area contributed by atoms with E-state index in [1.54, 1.807) is 0 Å². The highest BCUT2D eigenvalue weighted by Gasteiger charge is 2.44. The molecule has 1 fully saturated rings. The summed E-state index contributed by atoms with van der Waals surface area (Å²) in [6.07, 6.45) is 0.687. The molecule has 1 atom stereocenters. The van der Waals surface area contributed by atoms with Crippen LogP contribution in [0.4, 0.5) is 0 Å². The summed E-state index contributed by atoms with van der Waals surface area (Å²) in [7, 11) is -2.88. The molecule has 4 nitrogen and oxygen atoms in total. The number of likely N-dealkylation sites (N-methyl/N-ethyl adjacent to an activating group) is 1. The first kappa shape index (κ1) is 13.9. The van der Waals surface area contributed by atoms with Crippen molar-refractivity contribution in [2.45, 2.75) is 32.7 Å². The van der Waals surface area contributed by atoms with Crippen LogP contribution in [0.2, 0.25) is 0 Å². The molecule has 0 aromatic carbocycles. The predicted octanol–water partition coefficient (Wildman–Crippen LogP) is 0.480. The minimum Gasteiger partial charge on any atom is -0.329 e. The number of sulfone groups is 1. The van der Waals surface area contributed by atoms with E-state index in [-0.39, 0.29) is 11.3 Å². The highest BCUT2D eigenvalue weighted by molar-refractivity contribution is 7.91. The van der Waals surface area contributed by atoms with Crippen molar-refractivity contribution in [1.82, 2.24) is 4.90 Å². The fraction of sp³-hybridized carbons (Fsp3) is 1.00. The molecule has 0 spiro atoms. The van der Waals surface area contributed by atoms with Crippen LogP contribution >= 0.6 is 0 Å². The Kier molecular flexibility index (Phi) is 4.37. The van der Waals surface area contributed by atoms with Crippen LogP contribution in [0.15, 0.2) is 0 Å². The zero-order valence-electron chi connectivity index (χ0n) is 10.6. The van der Waals surface area contributed by atoms with E-state index in [1.807, 2.05) is 0 Å². The van der Waals surface area contributed by atoms with Crippen LogP contribution in [-0.2, 0) is 9.84 Å². The van der Waals surface area contributed by atoms with Crippen LogP contribution in [-0.4, -0.2) is 50.0 Å². The van der Waals surface area contributed by atoms with Gasteiger partial charge in [0.2, 0.25) is 0 Å². The van der Waals surface area contributed by atoms with Gasteiger partial charge < -0.3 is 5.73 Å². The Hall–Kier alpha value is -0.130. The molecular formula is C11H24N2O2S. The van der Waals surface area contributed by atoms with Gasteiger partial charge >= 0.3 is 0 Å². The van der Waals surface area contributed by atoms with E-state index in [2.05, 4.69) is 25.7 Å². The largest absolute Gasteiger partial charge is 0.329 e. The molecule has 16 heavy (non-hydrogen) atoms. The van der Waals surface area contributed by atoms with E-state index in [9.17, 15) is 8.42 Å². The zero-order valence-corrected chi connectivity index (χ0v) is 11.4. The average Bonchev–Trinajstić information content (AvgIpc) is 2.51. The van der Waals surface area contributed by atoms with Crippen molar-refractivity contribution in [3.8, 4) is 0 Å². The second kappa shape index (κ2) is 5.02. The third kappa shape index (κ3) is 2.96. The van der Waals surface area contributed by atoms with Crippen LogP contribution in [0.3, 0.4) is 0 Å². The lowest BCUT2D eigenvalue weighted by atomic mass is 9.95. The second-order valence-corrected chi connectivity index (χ2v) is 7.39. The van der Waals surface area contributed by atoms with Crippen molar-refractivity contribution in [2.24, 2.45) is 11.7 Å². The molecule has 96 valence electrons. The molecule has 0 aromatic rings. The number of nitrogens with two attached hydrogens (primary N) is 1. The molecule has 0 amide bonds. The van der Waals surface area contributed by atoms with Crippen LogP contribution < -0.4 is 5.73 Å². The summed E-state index contributed by atoms with van der Waals surface area (Å²) in [4.78, 5) is 2.25. The highest BCUT2D eigenvalue weighted by atomic mass is 32.2. The van der Waals surface area contributed by atoms with Crippen molar-refractivity contribution >= 4 is 9.84 Å². The molecule has 1 heterocycles. The van der Waals surface area contributed by atoms with Gasteiger partial charge in [-0.1, -0.05) is 20.8 Å². The van der Waals surface area contributed by atoms with Gasteiger partial charge in [-0.05, 0) is 18.9 Å². The Morgan fingerprint density at radius 2 is 2.06 bits per heavy atom. The Bertz CT molecular complexity index is 327. The number of rotatable bonds is 5. The van der Waals surface area contributed by atoms with E-state index >= 15 is 0 Å². The third-order valence-corrected chi connectivity index (χ3v) is 5.19. The Morgan fingerprint density at radius 1 is 1.44 bits per heavy atom. The molecule has 0 bridgehead atoms. The summed E-state index contributed by atoms with van der Waals surface area (Å²) < 4.78 is 23.3. The SMILES string of the molecule is CCN(CC(C)C)C1(CN)CCS(=O)(=O)C1. The monoisotopic (exact) mass is 248 g/mol. The molecule has 1 unspecified atom stereocenters. The van der Waals surface area contributed by atoms with Gasteiger partial charge in [-0.15, -0.1) is 0 Å². The average molecular weight is 248 g/mol. The fourth-order valence-electron chi connectivity index (χ4n) is 2.54. The summed E-state index contributed by atoms with van der Waals surface area (Å²) in [6.45, 7) is 8.60. The quantitative estimate of drug-likeness (QED) is 0.768. The standard InChI is InChI=1S/C11H24N2O2S/c1-4-13(7-10(2)3)11(8-12)5-6-16(14,15)9-11/h10H,4-9,12H2,1-3H3. The molecule has 0 saturated carbocycles.